The van der Waals surface area contributed by atoms with Crippen molar-refractivity contribution < 1.29 is 23.8 Å². The van der Waals surface area contributed by atoms with E-state index in [1.807, 2.05) is 24.3 Å². The van der Waals surface area contributed by atoms with Gasteiger partial charge in [0.25, 0.3) is 5.91 Å². The SMILES string of the molecule is COc1ccc(C(=O)OCC(=O)N2CC[C@H](C)Sc3ccccc32)cc1OC. The molecule has 1 heterocycles. The first-order chi connectivity index (χ1) is 13.5. The number of para-hydroxylation sites is 1. The average molecular weight is 401 g/mol. The smallest absolute Gasteiger partial charge is 0.338 e. The summed E-state index contributed by atoms with van der Waals surface area (Å²) in [5, 5.41) is 0.410. The number of methoxy groups -OCH3 is 2. The molecule has 0 radical (unpaired) electrons. The van der Waals surface area contributed by atoms with Gasteiger partial charge in [-0.2, -0.15) is 0 Å². The molecule has 2 aromatic rings. The summed E-state index contributed by atoms with van der Waals surface area (Å²) >= 11 is 1.76. The van der Waals surface area contributed by atoms with Crippen molar-refractivity contribution in [2.45, 2.75) is 23.5 Å². The highest BCUT2D eigenvalue weighted by molar-refractivity contribution is 8.00. The third-order valence-electron chi connectivity index (χ3n) is 4.49. The van der Waals surface area contributed by atoms with E-state index >= 15 is 0 Å². The van der Waals surface area contributed by atoms with Crippen LogP contribution in [0.15, 0.2) is 47.4 Å². The van der Waals surface area contributed by atoms with Gasteiger partial charge in [0.05, 0.1) is 25.5 Å². The lowest BCUT2D eigenvalue weighted by molar-refractivity contribution is -0.121. The highest BCUT2D eigenvalue weighted by Gasteiger charge is 2.25. The van der Waals surface area contributed by atoms with Gasteiger partial charge in [-0.15, -0.1) is 11.8 Å². The zero-order valence-corrected chi connectivity index (χ0v) is 17.0. The number of carbonyl (C=O) groups excluding carboxylic acids is 2. The molecule has 0 aliphatic carbocycles. The molecule has 1 amide bonds. The third-order valence-corrected chi connectivity index (χ3v) is 5.73. The second-order valence-corrected chi connectivity index (χ2v) is 7.86. The van der Waals surface area contributed by atoms with Gasteiger partial charge in [0, 0.05) is 16.7 Å². The van der Waals surface area contributed by atoms with Crippen molar-refractivity contribution in [2.75, 3.05) is 32.3 Å². The monoisotopic (exact) mass is 401 g/mol. The predicted octanol–water partition coefficient (Wildman–Crippen LogP) is 3.78. The maximum atomic E-state index is 12.8. The highest BCUT2D eigenvalue weighted by Crippen LogP contribution is 2.37. The van der Waals surface area contributed by atoms with Gasteiger partial charge in [0.15, 0.2) is 18.1 Å². The summed E-state index contributed by atoms with van der Waals surface area (Å²) in [5.41, 5.74) is 1.16. The van der Waals surface area contributed by atoms with Gasteiger partial charge in [-0.1, -0.05) is 19.1 Å². The fourth-order valence-electron chi connectivity index (χ4n) is 3.00. The topological polar surface area (TPSA) is 65.1 Å². The minimum Gasteiger partial charge on any atom is -0.493 e. The molecule has 0 bridgehead atoms. The lowest BCUT2D eigenvalue weighted by atomic mass is 10.2. The Hall–Kier alpha value is -2.67. The number of ether oxygens (including phenoxy) is 3. The molecule has 0 aromatic heterocycles. The summed E-state index contributed by atoms with van der Waals surface area (Å²) in [5.74, 6) is 0.120. The Labute approximate surface area is 168 Å². The molecule has 0 saturated carbocycles. The summed E-state index contributed by atoms with van der Waals surface area (Å²) in [6.07, 6.45) is 0.870. The molecule has 2 aromatic carbocycles. The first-order valence-electron chi connectivity index (χ1n) is 8.98. The number of anilines is 1. The minimum atomic E-state index is -0.583. The molecule has 0 N–H and O–H groups in total. The van der Waals surface area contributed by atoms with Crippen molar-refractivity contribution >= 4 is 29.3 Å². The van der Waals surface area contributed by atoms with Crippen LogP contribution in [0.2, 0.25) is 0 Å². The molecule has 0 saturated heterocycles. The Balaban J connectivity index is 1.69. The van der Waals surface area contributed by atoms with Crippen molar-refractivity contribution in [3.05, 3.63) is 48.0 Å². The minimum absolute atomic E-state index is 0.240. The molecular weight excluding hydrogens is 378 g/mol. The number of rotatable bonds is 5. The quantitative estimate of drug-likeness (QED) is 0.711. The van der Waals surface area contributed by atoms with E-state index in [2.05, 4.69) is 6.92 Å². The standard InChI is InChI=1S/C21H23NO5S/c1-14-10-11-22(16-6-4-5-7-19(16)28-14)20(23)13-27-21(24)15-8-9-17(25-2)18(12-15)26-3/h4-9,12,14H,10-11,13H2,1-3H3/t14-/m0/s1. The first-order valence-corrected chi connectivity index (χ1v) is 9.86. The molecule has 6 nitrogen and oxygen atoms in total. The fourth-order valence-corrected chi connectivity index (χ4v) is 4.11. The van der Waals surface area contributed by atoms with Gasteiger partial charge in [0.1, 0.15) is 0 Å². The van der Waals surface area contributed by atoms with E-state index in [1.54, 1.807) is 28.8 Å². The number of amides is 1. The van der Waals surface area contributed by atoms with Gasteiger partial charge in [-0.25, -0.2) is 4.79 Å². The molecule has 148 valence electrons. The first kappa shape index (κ1) is 20.1. The van der Waals surface area contributed by atoms with Crippen molar-refractivity contribution in [3.8, 4) is 11.5 Å². The van der Waals surface area contributed by atoms with Crippen molar-refractivity contribution in [2.24, 2.45) is 0 Å². The molecule has 7 heteroatoms. The summed E-state index contributed by atoms with van der Waals surface area (Å²) in [4.78, 5) is 27.9. The molecule has 0 unspecified atom stereocenters. The van der Waals surface area contributed by atoms with Crippen molar-refractivity contribution in [1.29, 1.82) is 0 Å². The molecule has 1 atom stereocenters. The number of thioether (sulfide) groups is 1. The Morgan fingerprint density at radius 1 is 1.11 bits per heavy atom. The number of esters is 1. The third kappa shape index (κ3) is 4.42. The molecule has 1 aliphatic rings. The van der Waals surface area contributed by atoms with Gasteiger partial charge in [-0.05, 0) is 36.8 Å². The molecular formula is C21H23NO5S. The zero-order chi connectivity index (χ0) is 20.1. The second kappa shape index (κ2) is 9.01. The molecule has 0 spiro atoms. The van der Waals surface area contributed by atoms with Gasteiger partial charge in [0.2, 0.25) is 0 Å². The van der Waals surface area contributed by atoms with E-state index in [9.17, 15) is 9.59 Å². The maximum Gasteiger partial charge on any atom is 0.338 e. The van der Waals surface area contributed by atoms with Crippen LogP contribution in [0.1, 0.15) is 23.7 Å². The molecule has 1 aliphatic heterocycles. The number of hydrogen-bond donors (Lipinski definition) is 0. The van der Waals surface area contributed by atoms with Crippen LogP contribution in [0.3, 0.4) is 0 Å². The van der Waals surface area contributed by atoms with E-state index in [1.165, 1.54) is 20.3 Å². The van der Waals surface area contributed by atoms with Crippen LogP contribution < -0.4 is 14.4 Å². The van der Waals surface area contributed by atoms with Gasteiger partial charge >= 0.3 is 5.97 Å². The Bertz CT molecular complexity index is 870. The fraction of sp³-hybridized carbons (Fsp3) is 0.333. The lowest BCUT2D eigenvalue weighted by Crippen LogP contribution is -2.35. The number of benzene rings is 2. The van der Waals surface area contributed by atoms with E-state index in [-0.39, 0.29) is 12.5 Å². The summed E-state index contributed by atoms with van der Waals surface area (Å²) in [6, 6.07) is 12.5. The van der Waals surface area contributed by atoms with Crippen LogP contribution in [-0.2, 0) is 9.53 Å². The number of carbonyl (C=O) groups is 2. The highest BCUT2D eigenvalue weighted by atomic mass is 32.2. The van der Waals surface area contributed by atoms with Gasteiger partial charge < -0.3 is 19.1 Å². The molecule has 28 heavy (non-hydrogen) atoms. The predicted molar refractivity (Wildman–Crippen MR) is 109 cm³/mol. The Kier molecular flexibility index (Phi) is 6.46. The van der Waals surface area contributed by atoms with Crippen molar-refractivity contribution in [1.82, 2.24) is 0 Å². The van der Waals surface area contributed by atoms with E-state index in [4.69, 9.17) is 14.2 Å². The van der Waals surface area contributed by atoms with Crippen LogP contribution in [0.4, 0.5) is 5.69 Å². The maximum absolute atomic E-state index is 12.8. The number of hydrogen-bond acceptors (Lipinski definition) is 6. The zero-order valence-electron chi connectivity index (χ0n) is 16.1. The van der Waals surface area contributed by atoms with E-state index < -0.39 is 5.97 Å². The second-order valence-electron chi connectivity index (χ2n) is 6.38. The Morgan fingerprint density at radius 2 is 1.86 bits per heavy atom. The number of nitrogens with zero attached hydrogens (tertiary/aromatic N) is 1. The van der Waals surface area contributed by atoms with Crippen LogP contribution in [-0.4, -0.2) is 44.5 Å². The summed E-state index contributed by atoms with van der Waals surface area (Å²) < 4.78 is 15.6. The van der Waals surface area contributed by atoms with Crippen LogP contribution in [0.5, 0.6) is 11.5 Å². The molecule has 0 fully saturated rings. The number of fused-ring (bicyclic) bond motifs is 1. The van der Waals surface area contributed by atoms with Crippen molar-refractivity contribution in [3.63, 3.8) is 0 Å². The van der Waals surface area contributed by atoms with E-state index in [0.29, 0.717) is 28.9 Å². The van der Waals surface area contributed by atoms with Crippen LogP contribution in [0, 0.1) is 0 Å². The summed E-state index contributed by atoms with van der Waals surface area (Å²) in [6.45, 7) is 2.42. The van der Waals surface area contributed by atoms with Crippen LogP contribution in [0.25, 0.3) is 0 Å². The largest absolute Gasteiger partial charge is 0.493 e. The summed E-state index contributed by atoms with van der Waals surface area (Å²) in [7, 11) is 3.01. The molecule has 3 rings (SSSR count). The lowest BCUT2D eigenvalue weighted by Gasteiger charge is -2.22. The average Bonchev–Trinajstić information content (AvgIpc) is 2.89. The van der Waals surface area contributed by atoms with E-state index in [0.717, 1.165) is 17.0 Å². The normalized spacial score (nSPS) is 16.0. The van der Waals surface area contributed by atoms with Crippen LogP contribution >= 0.6 is 11.8 Å². The van der Waals surface area contributed by atoms with Gasteiger partial charge in [-0.3, -0.25) is 4.79 Å². The Morgan fingerprint density at radius 3 is 2.61 bits per heavy atom.